The van der Waals surface area contributed by atoms with Crippen LogP contribution in [-0.2, 0) is 9.59 Å². The van der Waals surface area contributed by atoms with Gasteiger partial charge in [-0.1, -0.05) is 6.58 Å². The Morgan fingerprint density at radius 3 is 2.21 bits per heavy atom. The molecule has 5 nitrogen and oxygen atoms in total. The largest absolute Gasteiger partial charge is 0.483 e. The van der Waals surface area contributed by atoms with E-state index in [1.807, 2.05) is 19.0 Å². The molecule has 0 atom stereocenters. The maximum Gasteiger partial charge on any atom is 0.330 e. The maximum atomic E-state index is 10.3. The minimum Gasteiger partial charge on any atom is -0.483 e. The minimum absolute atomic E-state index is 0.250. The molecule has 0 unspecified atom stereocenters. The zero-order chi connectivity index (χ0) is 11.6. The first-order valence-corrected chi connectivity index (χ1v) is 4.09. The van der Waals surface area contributed by atoms with Crippen LogP contribution in [0.5, 0.6) is 0 Å². The maximum absolute atomic E-state index is 10.3. The number of nitrogens with zero attached hydrogens (tertiary/aromatic N) is 1. The van der Waals surface area contributed by atoms with E-state index in [4.69, 9.17) is 15.0 Å². The SMILES string of the molecule is C=C(CCCN(C)C)C(=O)O.O=CO. The van der Waals surface area contributed by atoms with Gasteiger partial charge in [-0.2, -0.15) is 0 Å². The van der Waals surface area contributed by atoms with Gasteiger partial charge in [0.2, 0.25) is 0 Å². The summed E-state index contributed by atoms with van der Waals surface area (Å²) in [5, 5.41) is 15.3. The standard InChI is InChI=1S/C8H15NO2.CH2O2/c1-7(8(10)11)5-4-6-9(2)3;2-1-3/h1,4-6H2,2-3H3,(H,10,11);1H,(H,2,3). The van der Waals surface area contributed by atoms with Gasteiger partial charge < -0.3 is 15.1 Å². The van der Waals surface area contributed by atoms with Crippen molar-refractivity contribution in [1.29, 1.82) is 0 Å². The molecule has 0 aromatic carbocycles. The molecule has 0 aliphatic carbocycles. The number of carbonyl (C=O) groups is 2. The van der Waals surface area contributed by atoms with Gasteiger partial charge in [-0.3, -0.25) is 4.79 Å². The molecule has 0 spiro atoms. The van der Waals surface area contributed by atoms with Gasteiger partial charge >= 0.3 is 5.97 Å². The topological polar surface area (TPSA) is 77.8 Å². The first kappa shape index (κ1) is 15.1. The van der Waals surface area contributed by atoms with E-state index < -0.39 is 5.97 Å². The van der Waals surface area contributed by atoms with Crippen LogP contribution >= 0.6 is 0 Å². The number of carboxylic acid groups (broad SMARTS) is 2. The van der Waals surface area contributed by atoms with E-state index in [0.717, 1.165) is 13.0 Å². The van der Waals surface area contributed by atoms with Crippen LogP contribution in [0.15, 0.2) is 12.2 Å². The summed E-state index contributed by atoms with van der Waals surface area (Å²) in [5.74, 6) is -0.885. The summed E-state index contributed by atoms with van der Waals surface area (Å²) in [5.41, 5.74) is 0.298. The minimum atomic E-state index is -0.885. The van der Waals surface area contributed by atoms with Crippen molar-refractivity contribution in [2.75, 3.05) is 20.6 Å². The quantitative estimate of drug-likeness (QED) is 0.507. The lowest BCUT2D eigenvalue weighted by atomic mass is 10.1. The zero-order valence-corrected chi connectivity index (χ0v) is 8.56. The van der Waals surface area contributed by atoms with Gasteiger partial charge in [-0.05, 0) is 33.5 Å². The monoisotopic (exact) mass is 203 g/mol. The number of aliphatic carboxylic acids is 1. The summed E-state index contributed by atoms with van der Waals surface area (Å²) >= 11 is 0. The van der Waals surface area contributed by atoms with Crippen molar-refractivity contribution in [2.24, 2.45) is 0 Å². The van der Waals surface area contributed by atoms with Crippen LogP contribution in [0.4, 0.5) is 0 Å². The third-order valence-corrected chi connectivity index (χ3v) is 1.39. The Hall–Kier alpha value is -1.36. The fourth-order valence-corrected chi connectivity index (χ4v) is 0.716. The molecule has 5 heteroatoms. The van der Waals surface area contributed by atoms with Crippen molar-refractivity contribution in [3.63, 3.8) is 0 Å². The fraction of sp³-hybridized carbons (Fsp3) is 0.556. The van der Waals surface area contributed by atoms with Gasteiger partial charge in [0.25, 0.3) is 6.47 Å². The summed E-state index contributed by atoms with van der Waals surface area (Å²) in [6.45, 7) is 4.09. The molecule has 0 rings (SSSR count). The molecule has 2 N–H and O–H groups in total. The van der Waals surface area contributed by atoms with Crippen molar-refractivity contribution < 1.29 is 19.8 Å². The molecule has 0 saturated heterocycles. The Morgan fingerprint density at radius 2 is 1.93 bits per heavy atom. The van der Waals surface area contributed by atoms with Gasteiger partial charge in [0.05, 0.1) is 0 Å². The van der Waals surface area contributed by atoms with Crippen molar-refractivity contribution >= 4 is 12.4 Å². The van der Waals surface area contributed by atoms with E-state index in [-0.39, 0.29) is 6.47 Å². The Labute approximate surface area is 83.6 Å². The lowest BCUT2D eigenvalue weighted by Crippen LogP contribution is -2.13. The van der Waals surface area contributed by atoms with Crippen LogP contribution in [0.25, 0.3) is 0 Å². The number of rotatable bonds is 5. The van der Waals surface area contributed by atoms with Gasteiger partial charge in [-0.15, -0.1) is 0 Å². The molecular weight excluding hydrogens is 186 g/mol. The molecular formula is C9H17NO4. The summed E-state index contributed by atoms with van der Waals surface area (Å²) in [6, 6.07) is 0. The highest BCUT2D eigenvalue weighted by Gasteiger charge is 2.02. The van der Waals surface area contributed by atoms with E-state index in [1.165, 1.54) is 0 Å². The van der Waals surface area contributed by atoms with Gasteiger partial charge in [0.15, 0.2) is 0 Å². The van der Waals surface area contributed by atoms with E-state index in [1.54, 1.807) is 0 Å². The molecule has 0 aliphatic rings. The van der Waals surface area contributed by atoms with Crippen LogP contribution in [-0.4, -0.2) is 48.2 Å². The second-order valence-corrected chi connectivity index (χ2v) is 2.92. The molecule has 0 radical (unpaired) electrons. The lowest BCUT2D eigenvalue weighted by Gasteiger charge is -2.08. The Morgan fingerprint density at radius 1 is 1.50 bits per heavy atom. The summed E-state index contributed by atoms with van der Waals surface area (Å²) in [4.78, 5) is 20.6. The highest BCUT2D eigenvalue weighted by molar-refractivity contribution is 5.85. The normalized spacial score (nSPS) is 8.79. The first-order valence-electron chi connectivity index (χ1n) is 4.09. The van der Waals surface area contributed by atoms with Gasteiger partial charge in [-0.25, -0.2) is 4.79 Å². The number of hydrogen-bond acceptors (Lipinski definition) is 3. The molecule has 0 aromatic heterocycles. The zero-order valence-electron chi connectivity index (χ0n) is 8.56. The molecule has 0 aliphatic heterocycles. The predicted molar refractivity (Wildman–Crippen MR) is 53.3 cm³/mol. The summed E-state index contributed by atoms with van der Waals surface area (Å²) in [7, 11) is 3.92. The molecule has 82 valence electrons. The molecule has 0 amide bonds. The van der Waals surface area contributed by atoms with Crippen LogP contribution in [0.2, 0.25) is 0 Å². The predicted octanol–water partition coefficient (Wildman–Crippen LogP) is 0.670. The smallest absolute Gasteiger partial charge is 0.330 e. The second kappa shape index (κ2) is 9.73. The van der Waals surface area contributed by atoms with E-state index in [9.17, 15) is 4.79 Å². The number of hydrogen-bond donors (Lipinski definition) is 2. The summed E-state index contributed by atoms with van der Waals surface area (Å²) in [6.07, 6.45) is 1.44. The molecule has 0 aromatic rings. The average molecular weight is 203 g/mol. The van der Waals surface area contributed by atoms with Gasteiger partial charge in [0, 0.05) is 5.57 Å². The van der Waals surface area contributed by atoms with Crippen molar-refractivity contribution in [3.8, 4) is 0 Å². The van der Waals surface area contributed by atoms with Crippen LogP contribution < -0.4 is 0 Å². The van der Waals surface area contributed by atoms with Crippen LogP contribution in [0.3, 0.4) is 0 Å². The molecule has 0 heterocycles. The molecule has 14 heavy (non-hydrogen) atoms. The average Bonchev–Trinajstić information content (AvgIpc) is 2.04. The first-order chi connectivity index (χ1) is 6.45. The third kappa shape index (κ3) is 13.2. The van der Waals surface area contributed by atoms with E-state index in [2.05, 4.69) is 6.58 Å². The lowest BCUT2D eigenvalue weighted by molar-refractivity contribution is -0.132. The Bertz CT molecular complexity index is 189. The fourth-order valence-electron chi connectivity index (χ4n) is 0.716. The van der Waals surface area contributed by atoms with E-state index >= 15 is 0 Å². The van der Waals surface area contributed by atoms with Crippen molar-refractivity contribution in [3.05, 3.63) is 12.2 Å². The molecule has 0 fully saturated rings. The van der Waals surface area contributed by atoms with Crippen LogP contribution in [0.1, 0.15) is 12.8 Å². The number of carboxylic acids is 1. The highest BCUT2D eigenvalue weighted by Crippen LogP contribution is 2.01. The molecule has 0 saturated carbocycles. The second-order valence-electron chi connectivity index (χ2n) is 2.92. The Balaban J connectivity index is 0. The van der Waals surface area contributed by atoms with Crippen molar-refractivity contribution in [1.82, 2.24) is 4.90 Å². The van der Waals surface area contributed by atoms with Crippen molar-refractivity contribution in [2.45, 2.75) is 12.8 Å². The molecule has 0 bridgehead atoms. The third-order valence-electron chi connectivity index (χ3n) is 1.39. The summed E-state index contributed by atoms with van der Waals surface area (Å²) < 4.78 is 0. The van der Waals surface area contributed by atoms with Crippen LogP contribution in [0, 0.1) is 0 Å². The van der Waals surface area contributed by atoms with Gasteiger partial charge in [0.1, 0.15) is 0 Å². The Kier molecular flexibility index (Phi) is 10.5. The highest BCUT2D eigenvalue weighted by atomic mass is 16.4. The van der Waals surface area contributed by atoms with E-state index in [0.29, 0.717) is 12.0 Å².